The second-order valence-electron chi connectivity index (χ2n) is 7.17. The molecule has 1 saturated carbocycles. The van der Waals surface area contributed by atoms with E-state index in [9.17, 15) is 14.7 Å². The van der Waals surface area contributed by atoms with E-state index in [1.165, 1.54) is 23.7 Å². The second-order valence-corrected chi connectivity index (χ2v) is 7.17. The highest BCUT2D eigenvalue weighted by molar-refractivity contribution is 5.94. The Morgan fingerprint density at radius 3 is 2.87 bits per heavy atom. The minimum absolute atomic E-state index is 0.0366. The number of benzene rings is 1. The van der Waals surface area contributed by atoms with E-state index < -0.39 is 5.69 Å². The van der Waals surface area contributed by atoms with Crippen LogP contribution in [0.2, 0.25) is 0 Å². The van der Waals surface area contributed by atoms with Crippen LogP contribution in [0.5, 0.6) is 17.6 Å². The summed E-state index contributed by atoms with van der Waals surface area (Å²) < 4.78 is 7.30. The summed E-state index contributed by atoms with van der Waals surface area (Å²) in [7, 11) is 0. The quantitative estimate of drug-likeness (QED) is 0.397. The smallest absolute Gasteiger partial charge is 0.327 e. The van der Waals surface area contributed by atoms with Crippen molar-refractivity contribution in [3.8, 4) is 17.6 Å². The van der Waals surface area contributed by atoms with Crippen LogP contribution in [0.3, 0.4) is 0 Å². The molecule has 1 aliphatic carbocycles. The van der Waals surface area contributed by atoms with Crippen molar-refractivity contribution in [2.45, 2.75) is 25.8 Å². The predicted molar refractivity (Wildman–Crippen MR) is 108 cm³/mol. The van der Waals surface area contributed by atoms with Crippen LogP contribution in [-0.2, 0) is 0 Å². The Hall–Kier alpha value is -4.28. The fraction of sp³-hybridized carbons (Fsp3) is 0.200. The van der Waals surface area contributed by atoms with Crippen molar-refractivity contribution < 1.29 is 14.6 Å². The molecule has 11 nitrogen and oxygen atoms in total. The monoisotopic (exact) mass is 419 g/mol. The molecule has 1 aromatic carbocycles. The van der Waals surface area contributed by atoms with E-state index in [0.717, 1.165) is 12.8 Å². The van der Waals surface area contributed by atoms with Gasteiger partial charge in [-0.3, -0.25) is 9.78 Å². The molecule has 3 heterocycles. The van der Waals surface area contributed by atoms with Gasteiger partial charge in [-0.1, -0.05) is 12.1 Å². The highest BCUT2D eigenvalue weighted by Gasteiger charge is 2.21. The first kappa shape index (κ1) is 18.7. The molecular weight excluding hydrogens is 402 g/mol. The highest BCUT2D eigenvalue weighted by atomic mass is 16.5. The van der Waals surface area contributed by atoms with E-state index in [0.29, 0.717) is 27.8 Å². The van der Waals surface area contributed by atoms with Crippen molar-refractivity contribution in [3.63, 3.8) is 0 Å². The zero-order chi connectivity index (χ0) is 21.5. The Balaban J connectivity index is 1.65. The fourth-order valence-electron chi connectivity index (χ4n) is 2.99. The van der Waals surface area contributed by atoms with Crippen LogP contribution in [0.4, 0.5) is 0 Å². The SMILES string of the molecule is CC(=O)c1cccc(Oc2nc(=NC3CC3)n3nc/c(=C\c4[nH]c(=O)[nH]c4O)c3n2)c1. The van der Waals surface area contributed by atoms with Gasteiger partial charge in [-0.2, -0.15) is 19.6 Å². The second kappa shape index (κ2) is 7.20. The molecule has 0 unspecified atom stereocenters. The number of rotatable bonds is 5. The van der Waals surface area contributed by atoms with E-state index in [2.05, 4.69) is 30.0 Å². The van der Waals surface area contributed by atoms with Gasteiger partial charge in [0.25, 0.3) is 5.62 Å². The van der Waals surface area contributed by atoms with Crippen molar-refractivity contribution >= 4 is 17.5 Å². The van der Waals surface area contributed by atoms with Crippen molar-refractivity contribution in [1.29, 1.82) is 0 Å². The number of imidazole rings is 1. The van der Waals surface area contributed by atoms with Crippen LogP contribution in [-0.4, -0.2) is 46.5 Å². The Morgan fingerprint density at radius 2 is 2.16 bits per heavy atom. The first-order valence-corrected chi connectivity index (χ1v) is 9.58. The van der Waals surface area contributed by atoms with Crippen LogP contribution < -0.4 is 21.3 Å². The number of carbonyl (C=O) groups excluding carboxylic acids is 1. The third-order valence-electron chi connectivity index (χ3n) is 4.69. The lowest BCUT2D eigenvalue weighted by Crippen LogP contribution is -2.23. The molecule has 3 N–H and O–H groups in total. The largest absolute Gasteiger partial charge is 0.493 e. The van der Waals surface area contributed by atoms with Gasteiger partial charge in [0.15, 0.2) is 11.4 Å². The third kappa shape index (κ3) is 3.80. The van der Waals surface area contributed by atoms with Gasteiger partial charge in [-0.05, 0) is 38.0 Å². The van der Waals surface area contributed by atoms with E-state index in [4.69, 9.17) is 4.74 Å². The lowest BCUT2D eigenvalue weighted by atomic mass is 10.1. The number of aromatic nitrogens is 6. The molecule has 0 amide bonds. The van der Waals surface area contributed by atoms with Crippen molar-refractivity contribution in [3.05, 3.63) is 63.0 Å². The number of nitrogens with zero attached hydrogens (tertiary/aromatic N) is 5. The van der Waals surface area contributed by atoms with Gasteiger partial charge in [-0.15, -0.1) is 0 Å². The number of fused-ring (bicyclic) bond motifs is 1. The summed E-state index contributed by atoms with van der Waals surface area (Å²) in [5.74, 6) is 0.0325. The Kier molecular flexibility index (Phi) is 4.35. The molecule has 0 bridgehead atoms. The van der Waals surface area contributed by atoms with E-state index >= 15 is 0 Å². The van der Waals surface area contributed by atoms with Crippen molar-refractivity contribution in [2.24, 2.45) is 4.99 Å². The first-order valence-electron chi connectivity index (χ1n) is 9.58. The molecule has 11 heteroatoms. The summed E-state index contributed by atoms with van der Waals surface area (Å²) in [4.78, 5) is 41.2. The van der Waals surface area contributed by atoms with Gasteiger partial charge < -0.3 is 14.8 Å². The average molecular weight is 419 g/mol. The Labute approximate surface area is 173 Å². The number of carbonyl (C=O) groups is 1. The number of hydrogen-bond acceptors (Lipinski definition) is 8. The third-order valence-corrected chi connectivity index (χ3v) is 4.69. The molecule has 0 atom stereocenters. The lowest BCUT2D eigenvalue weighted by Gasteiger charge is -2.05. The van der Waals surface area contributed by atoms with E-state index in [-0.39, 0.29) is 29.4 Å². The minimum atomic E-state index is -0.534. The van der Waals surface area contributed by atoms with Gasteiger partial charge in [0.05, 0.1) is 12.2 Å². The van der Waals surface area contributed by atoms with E-state index in [1.54, 1.807) is 24.3 Å². The van der Waals surface area contributed by atoms with Crippen LogP contribution in [0.1, 0.15) is 35.8 Å². The fourth-order valence-corrected chi connectivity index (χ4v) is 2.99. The van der Waals surface area contributed by atoms with Gasteiger partial charge in [0, 0.05) is 10.8 Å². The molecule has 1 fully saturated rings. The molecular formula is C20H17N7O4. The highest BCUT2D eigenvalue weighted by Crippen LogP contribution is 2.23. The standard InChI is InChI=1S/C20H17N7O4/c1-10(28)11-3-2-4-14(7-11)31-20-24-16-12(8-15-17(29)25-19(30)23-15)9-21-27(16)18(26-20)22-13-5-6-13/h2-4,7-9,13,29H,5-6H2,1H3,(H2,23,25,30)/b12-8+,22-18?. The topological polar surface area (TPSA) is 151 Å². The summed E-state index contributed by atoms with van der Waals surface area (Å²) in [6.07, 6.45) is 5.01. The summed E-state index contributed by atoms with van der Waals surface area (Å²) in [6, 6.07) is 6.93. The summed E-state index contributed by atoms with van der Waals surface area (Å²) in [5, 5.41) is 14.7. The Morgan fingerprint density at radius 1 is 1.32 bits per heavy atom. The van der Waals surface area contributed by atoms with Gasteiger partial charge in [0.1, 0.15) is 11.4 Å². The number of ketones is 1. The minimum Gasteiger partial charge on any atom is -0.493 e. The van der Waals surface area contributed by atoms with Gasteiger partial charge in [0.2, 0.25) is 5.88 Å². The van der Waals surface area contributed by atoms with Crippen LogP contribution >= 0.6 is 0 Å². The number of aromatic hydroxyl groups is 1. The number of aromatic amines is 2. The van der Waals surface area contributed by atoms with Gasteiger partial charge >= 0.3 is 11.7 Å². The van der Waals surface area contributed by atoms with Gasteiger partial charge in [-0.25, -0.2) is 9.79 Å². The summed E-state index contributed by atoms with van der Waals surface area (Å²) in [5.41, 5.74) is 0.876. The molecule has 3 aromatic heterocycles. The van der Waals surface area contributed by atoms with Crippen LogP contribution in [0, 0.1) is 0 Å². The summed E-state index contributed by atoms with van der Waals surface area (Å²) in [6.45, 7) is 1.48. The molecule has 31 heavy (non-hydrogen) atoms. The molecule has 156 valence electrons. The van der Waals surface area contributed by atoms with Crippen molar-refractivity contribution in [2.75, 3.05) is 0 Å². The maximum atomic E-state index is 11.7. The molecule has 0 radical (unpaired) electrons. The van der Waals surface area contributed by atoms with Crippen LogP contribution in [0.15, 0.2) is 40.2 Å². The summed E-state index contributed by atoms with van der Waals surface area (Å²) >= 11 is 0. The molecule has 0 spiro atoms. The first-order chi connectivity index (χ1) is 15.0. The molecule has 5 rings (SSSR count). The zero-order valence-corrected chi connectivity index (χ0v) is 16.4. The molecule has 0 aliphatic heterocycles. The molecule has 4 aromatic rings. The number of nitrogens with one attached hydrogen (secondary N) is 2. The maximum absolute atomic E-state index is 11.7. The van der Waals surface area contributed by atoms with E-state index in [1.807, 2.05) is 0 Å². The number of ether oxygens (including phenoxy) is 1. The average Bonchev–Trinajstić information content (AvgIpc) is 3.37. The van der Waals surface area contributed by atoms with Crippen LogP contribution in [0.25, 0.3) is 11.7 Å². The normalized spacial score (nSPS) is 15.0. The zero-order valence-electron chi connectivity index (χ0n) is 16.4. The Bertz CT molecular complexity index is 1490. The number of Topliss-reactive ketones (excluding diaryl/α,β-unsaturated/α-hetero) is 1. The predicted octanol–water partition coefficient (Wildman–Crippen LogP) is 0.452. The molecule has 1 aliphatic rings. The molecule has 0 saturated heterocycles. The number of H-pyrrole nitrogens is 2. The van der Waals surface area contributed by atoms with Crippen molar-refractivity contribution in [1.82, 2.24) is 29.5 Å². The number of hydrogen-bond donors (Lipinski definition) is 3. The maximum Gasteiger partial charge on any atom is 0.327 e. The lowest BCUT2D eigenvalue weighted by molar-refractivity contribution is 0.101.